The van der Waals surface area contributed by atoms with Crippen molar-refractivity contribution < 1.29 is 14.2 Å². The fourth-order valence-corrected chi connectivity index (χ4v) is 2.60. The van der Waals surface area contributed by atoms with Crippen LogP contribution in [0.3, 0.4) is 0 Å². The van der Waals surface area contributed by atoms with E-state index in [1.165, 1.54) is 0 Å². The Morgan fingerprint density at radius 1 is 1.07 bits per heavy atom. The highest BCUT2D eigenvalue weighted by molar-refractivity contribution is 5.05. The monoisotopic (exact) mass is 213 g/mol. The molecule has 3 aliphatic heterocycles. The van der Waals surface area contributed by atoms with Crippen LogP contribution in [0.2, 0.25) is 0 Å². The van der Waals surface area contributed by atoms with Gasteiger partial charge >= 0.3 is 0 Å². The van der Waals surface area contributed by atoms with Gasteiger partial charge in [-0.3, -0.25) is 0 Å². The third-order valence-corrected chi connectivity index (χ3v) is 3.85. The number of rotatable bonds is 3. The molecule has 4 fully saturated rings. The summed E-state index contributed by atoms with van der Waals surface area (Å²) in [5.41, 5.74) is 0.126. The lowest BCUT2D eigenvalue weighted by Gasteiger charge is -2.53. The lowest BCUT2D eigenvalue weighted by Crippen LogP contribution is -2.64. The van der Waals surface area contributed by atoms with E-state index in [0.717, 1.165) is 39.2 Å². The van der Waals surface area contributed by atoms with E-state index < -0.39 is 5.97 Å². The maximum atomic E-state index is 5.86. The lowest BCUT2D eigenvalue weighted by molar-refractivity contribution is -0.489. The van der Waals surface area contributed by atoms with Gasteiger partial charge in [0.2, 0.25) is 0 Å². The van der Waals surface area contributed by atoms with Crippen molar-refractivity contribution in [2.75, 3.05) is 33.4 Å². The van der Waals surface area contributed by atoms with Crippen LogP contribution in [0, 0.1) is 10.8 Å². The molecule has 0 aromatic carbocycles. The Morgan fingerprint density at radius 2 is 1.60 bits per heavy atom. The fraction of sp³-hybridized carbons (Fsp3) is 1.00. The number of hydrogen-bond acceptors (Lipinski definition) is 4. The van der Waals surface area contributed by atoms with Crippen molar-refractivity contribution in [3.05, 3.63) is 0 Å². The second-order valence-electron chi connectivity index (χ2n) is 5.54. The molecule has 3 heterocycles. The normalized spacial score (nSPS) is 46.8. The van der Waals surface area contributed by atoms with Crippen LogP contribution in [0.1, 0.15) is 19.8 Å². The number of fused-ring (bicyclic) bond motifs is 3. The zero-order chi connectivity index (χ0) is 10.6. The molecule has 0 atom stereocenters. The molecule has 3 saturated heterocycles. The van der Waals surface area contributed by atoms with Crippen LogP contribution < -0.4 is 5.32 Å². The van der Waals surface area contributed by atoms with Crippen molar-refractivity contribution in [3.63, 3.8) is 0 Å². The maximum absolute atomic E-state index is 5.86. The van der Waals surface area contributed by atoms with Gasteiger partial charge in [0, 0.05) is 12.0 Å². The summed E-state index contributed by atoms with van der Waals surface area (Å²) in [6.45, 7) is 5.34. The molecule has 1 N–H and O–H groups in total. The predicted octanol–water partition coefficient (Wildman–Crippen LogP) is 0.723. The molecule has 0 radical (unpaired) electrons. The van der Waals surface area contributed by atoms with E-state index in [-0.39, 0.29) is 10.8 Å². The molecule has 86 valence electrons. The molecule has 0 aromatic heterocycles. The largest absolute Gasteiger partial charge is 0.326 e. The zero-order valence-corrected chi connectivity index (χ0v) is 9.47. The molecule has 4 rings (SSSR count). The van der Waals surface area contributed by atoms with Gasteiger partial charge < -0.3 is 19.5 Å². The molecule has 4 heteroatoms. The van der Waals surface area contributed by atoms with Gasteiger partial charge in [0.1, 0.15) is 0 Å². The van der Waals surface area contributed by atoms with Crippen molar-refractivity contribution in [2.45, 2.75) is 25.7 Å². The first-order chi connectivity index (χ1) is 7.14. The Labute approximate surface area is 90.3 Å². The van der Waals surface area contributed by atoms with Crippen LogP contribution in [0.4, 0.5) is 0 Å². The van der Waals surface area contributed by atoms with Crippen LogP contribution in [-0.2, 0) is 14.2 Å². The maximum Gasteiger partial charge on any atom is 0.290 e. The van der Waals surface area contributed by atoms with Crippen LogP contribution in [0.15, 0.2) is 0 Å². The van der Waals surface area contributed by atoms with E-state index in [1.54, 1.807) is 0 Å². The van der Waals surface area contributed by atoms with Crippen LogP contribution in [-0.4, -0.2) is 39.4 Å². The summed E-state index contributed by atoms with van der Waals surface area (Å²) < 4.78 is 17.6. The summed E-state index contributed by atoms with van der Waals surface area (Å²) in [5.74, 6) is -0.742. The van der Waals surface area contributed by atoms with Gasteiger partial charge in [0.25, 0.3) is 5.97 Å². The highest BCUT2D eigenvalue weighted by atomic mass is 16.9. The molecule has 1 saturated carbocycles. The molecule has 2 bridgehead atoms. The minimum absolute atomic E-state index is 0.0590. The minimum Gasteiger partial charge on any atom is -0.326 e. The highest BCUT2D eigenvalue weighted by Gasteiger charge is 2.67. The second kappa shape index (κ2) is 2.94. The second-order valence-corrected chi connectivity index (χ2v) is 5.54. The van der Waals surface area contributed by atoms with E-state index in [2.05, 4.69) is 12.2 Å². The minimum atomic E-state index is -0.742. The van der Waals surface area contributed by atoms with Crippen molar-refractivity contribution in [1.29, 1.82) is 0 Å². The molecular formula is C11H19NO3. The Morgan fingerprint density at radius 3 is 2.00 bits per heavy atom. The first kappa shape index (κ1) is 10.0. The summed E-state index contributed by atoms with van der Waals surface area (Å²) in [7, 11) is 1.96. The molecule has 0 unspecified atom stereocenters. The van der Waals surface area contributed by atoms with Crippen molar-refractivity contribution in [1.82, 2.24) is 5.32 Å². The predicted molar refractivity (Wildman–Crippen MR) is 54.3 cm³/mol. The molecular weight excluding hydrogens is 194 g/mol. The molecule has 0 spiro atoms. The van der Waals surface area contributed by atoms with Gasteiger partial charge in [-0.1, -0.05) is 6.92 Å². The average molecular weight is 213 g/mol. The average Bonchev–Trinajstić information content (AvgIpc) is 3.01. The molecule has 1 aliphatic carbocycles. The summed E-state index contributed by atoms with van der Waals surface area (Å²) in [5, 5.41) is 3.21. The fourth-order valence-electron chi connectivity index (χ4n) is 2.60. The van der Waals surface area contributed by atoms with Gasteiger partial charge in [-0.15, -0.1) is 0 Å². The van der Waals surface area contributed by atoms with E-state index in [9.17, 15) is 0 Å². The number of nitrogens with one attached hydrogen (secondary N) is 1. The van der Waals surface area contributed by atoms with E-state index in [4.69, 9.17) is 14.2 Å². The highest BCUT2D eigenvalue weighted by Crippen LogP contribution is 2.60. The first-order valence-corrected chi connectivity index (χ1v) is 5.70. The van der Waals surface area contributed by atoms with Gasteiger partial charge in [0.15, 0.2) is 0 Å². The Balaban J connectivity index is 1.81. The van der Waals surface area contributed by atoms with Crippen LogP contribution >= 0.6 is 0 Å². The van der Waals surface area contributed by atoms with Crippen molar-refractivity contribution in [2.24, 2.45) is 10.8 Å². The third-order valence-electron chi connectivity index (χ3n) is 3.85. The van der Waals surface area contributed by atoms with E-state index >= 15 is 0 Å². The van der Waals surface area contributed by atoms with Gasteiger partial charge in [0.05, 0.1) is 25.2 Å². The Hall–Kier alpha value is -0.160. The number of ether oxygens (including phenoxy) is 3. The van der Waals surface area contributed by atoms with Gasteiger partial charge in [-0.25, -0.2) is 0 Å². The first-order valence-electron chi connectivity index (χ1n) is 5.70. The lowest BCUT2D eigenvalue weighted by atomic mass is 9.89. The molecule has 15 heavy (non-hydrogen) atoms. The molecule has 4 nitrogen and oxygen atoms in total. The van der Waals surface area contributed by atoms with Crippen LogP contribution in [0.5, 0.6) is 0 Å². The molecule has 0 amide bonds. The smallest absolute Gasteiger partial charge is 0.290 e. The van der Waals surface area contributed by atoms with E-state index in [0.29, 0.717) is 0 Å². The van der Waals surface area contributed by atoms with E-state index in [1.807, 2.05) is 7.05 Å². The SMILES string of the molecule is CNCC1(C23OCC(C)(CO2)CO3)CC1. The van der Waals surface area contributed by atoms with Crippen LogP contribution in [0.25, 0.3) is 0 Å². The molecule has 4 aliphatic rings. The summed E-state index contributed by atoms with van der Waals surface area (Å²) in [4.78, 5) is 0. The third kappa shape index (κ3) is 1.29. The Bertz CT molecular complexity index is 250. The van der Waals surface area contributed by atoms with Gasteiger partial charge in [-0.2, -0.15) is 0 Å². The summed E-state index contributed by atoms with van der Waals surface area (Å²) in [6.07, 6.45) is 2.26. The van der Waals surface area contributed by atoms with Gasteiger partial charge in [-0.05, 0) is 19.9 Å². The number of hydrogen-bond donors (Lipinski definition) is 1. The van der Waals surface area contributed by atoms with Crippen molar-refractivity contribution >= 4 is 0 Å². The zero-order valence-electron chi connectivity index (χ0n) is 9.47. The Kier molecular flexibility index (Phi) is 1.97. The van der Waals surface area contributed by atoms with Crippen molar-refractivity contribution in [3.8, 4) is 0 Å². The summed E-state index contributed by atoms with van der Waals surface area (Å²) >= 11 is 0. The standard InChI is InChI=1S/C11H19NO3/c1-9-6-13-11(14-7-9,15-8-9)10(3-4-10)5-12-2/h12H,3-8H2,1-2H3. The topological polar surface area (TPSA) is 39.7 Å². The quantitative estimate of drug-likeness (QED) is 0.750. The molecule has 0 aromatic rings. The summed E-state index contributed by atoms with van der Waals surface area (Å²) in [6, 6.07) is 0.